The van der Waals surface area contributed by atoms with Crippen molar-refractivity contribution in [3.05, 3.63) is 27.9 Å². The van der Waals surface area contributed by atoms with Crippen LogP contribution in [0, 0.1) is 6.92 Å². The van der Waals surface area contributed by atoms with Crippen molar-refractivity contribution < 1.29 is 23.9 Å². The van der Waals surface area contributed by atoms with Gasteiger partial charge in [0, 0.05) is 11.6 Å². The first-order chi connectivity index (χ1) is 9.49. The highest BCUT2D eigenvalue weighted by molar-refractivity contribution is 9.10. The van der Waals surface area contributed by atoms with Gasteiger partial charge in [-0.05, 0) is 28.9 Å². The molecule has 1 N–H and O–H groups in total. The lowest BCUT2D eigenvalue weighted by Gasteiger charge is -2.14. The van der Waals surface area contributed by atoms with Crippen molar-refractivity contribution in [1.29, 1.82) is 0 Å². The van der Waals surface area contributed by atoms with E-state index in [0.717, 1.165) is 5.56 Å². The van der Waals surface area contributed by atoms with E-state index in [9.17, 15) is 4.79 Å². The molecule has 0 unspecified atom stereocenters. The van der Waals surface area contributed by atoms with Gasteiger partial charge in [0.2, 0.25) is 0 Å². The first kappa shape index (κ1) is 14.4. The van der Waals surface area contributed by atoms with E-state index < -0.39 is 5.97 Å². The number of aromatic carboxylic acids is 1. The summed E-state index contributed by atoms with van der Waals surface area (Å²) in [6.45, 7) is 1.83. The summed E-state index contributed by atoms with van der Waals surface area (Å²) in [6, 6.07) is 3.08. The monoisotopic (exact) mass is 341 g/mol. The Morgan fingerprint density at radius 1 is 1.30 bits per heavy atom. The van der Waals surface area contributed by atoms with E-state index in [-0.39, 0.29) is 5.69 Å². The molecule has 2 rings (SSSR count). The standard InChI is InChI=1S/C13H12BrNO5/c1-6-11(18-2)7(4-8(14)12(6)19-3)10-5-9(13(16)17)15-20-10/h4-5H,1-3H3,(H,16,17). The van der Waals surface area contributed by atoms with E-state index in [2.05, 4.69) is 21.1 Å². The van der Waals surface area contributed by atoms with Gasteiger partial charge in [0.05, 0.1) is 24.3 Å². The van der Waals surface area contributed by atoms with E-state index in [1.165, 1.54) is 13.2 Å². The number of carbonyl (C=O) groups is 1. The number of aromatic nitrogens is 1. The molecule has 2 aromatic rings. The van der Waals surface area contributed by atoms with Crippen molar-refractivity contribution in [3.63, 3.8) is 0 Å². The molecule has 1 heterocycles. The number of ether oxygens (including phenoxy) is 2. The van der Waals surface area contributed by atoms with Crippen molar-refractivity contribution in [2.75, 3.05) is 14.2 Å². The third-order valence-corrected chi connectivity index (χ3v) is 3.41. The third-order valence-electron chi connectivity index (χ3n) is 2.82. The molecule has 6 nitrogen and oxygen atoms in total. The fourth-order valence-corrected chi connectivity index (χ4v) is 2.63. The summed E-state index contributed by atoms with van der Waals surface area (Å²) < 4.78 is 16.4. The fourth-order valence-electron chi connectivity index (χ4n) is 1.94. The molecule has 0 atom stereocenters. The van der Waals surface area contributed by atoms with E-state index in [0.29, 0.717) is 27.3 Å². The predicted octanol–water partition coefficient (Wildman–Crippen LogP) is 3.13. The number of carboxylic acids is 1. The Bertz CT molecular complexity index is 665. The highest BCUT2D eigenvalue weighted by Gasteiger charge is 2.21. The minimum Gasteiger partial charge on any atom is -0.496 e. The van der Waals surface area contributed by atoms with Gasteiger partial charge in [-0.2, -0.15) is 0 Å². The summed E-state index contributed by atoms with van der Waals surface area (Å²) in [5, 5.41) is 12.4. The Hall–Kier alpha value is -2.02. The van der Waals surface area contributed by atoms with Gasteiger partial charge in [-0.1, -0.05) is 5.16 Å². The van der Waals surface area contributed by atoms with Crippen molar-refractivity contribution in [2.45, 2.75) is 6.92 Å². The van der Waals surface area contributed by atoms with Crippen LogP contribution in [-0.4, -0.2) is 30.5 Å². The van der Waals surface area contributed by atoms with E-state index in [1.807, 2.05) is 6.92 Å². The van der Waals surface area contributed by atoms with Crippen LogP contribution < -0.4 is 9.47 Å². The fraction of sp³-hybridized carbons (Fsp3) is 0.231. The maximum atomic E-state index is 10.9. The molecule has 0 fully saturated rings. The lowest BCUT2D eigenvalue weighted by Crippen LogP contribution is -1.96. The quantitative estimate of drug-likeness (QED) is 0.919. The van der Waals surface area contributed by atoms with Gasteiger partial charge < -0.3 is 19.1 Å². The van der Waals surface area contributed by atoms with Crippen LogP contribution in [0.3, 0.4) is 0 Å². The Kier molecular flexibility index (Phi) is 3.99. The minimum absolute atomic E-state index is 0.161. The molecule has 0 aliphatic rings. The summed E-state index contributed by atoms with van der Waals surface area (Å²) in [5.74, 6) is 0.343. The molecular weight excluding hydrogens is 330 g/mol. The Labute approximate surface area is 123 Å². The Balaban J connectivity index is 2.63. The minimum atomic E-state index is -1.15. The van der Waals surface area contributed by atoms with E-state index in [1.54, 1.807) is 13.2 Å². The largest absolute Gasteiger partial charge is 0.496 e. The first-order valence-corrected chi connectivity index (χ1v) is 6.40. The van der Waals surface area contributed by atoms with E-state index >= 15 is 0 Å². The van der Waals surface area contributed by atoms with Crippen LogP contribution in [0.25, 0.3) is 11.3 Å². The van der Waals surface area contributed by atoms with Gasteiger partial charge in [-0.25, -0.2) is 4.79 Å². The SMILES string of the molecule is COc1c(Br)cc(-c2cc(C(=O)O)no2)c(OC)c1C. The topological polar surface area (TPSA) is 81.8 Å². The Morgan fingerprint density at radius 3 is 2.45 bits per heavy atom. The zero-order chi connectivity index (χ0) is 14.9. The number of carboxylic acid groups (broad SMARTS) is 1. The van der Waals surface area contributed by atoms with Gasteiger partial charge in [-0.15, -0.1) is 0 Å². The summed E-state index contributed by atoms with van der Waals surface area (Å²) in [6.07, 6.45) is 0. The second-order valence-electron chi connectivity index (χ2n) is 3.98. The van der Waals surface area contributed by atoms with Crippen LogP contribution in [0.15, 0.2) is 21.1 Å². The zero-order valence-electron chi connectivity index (χ0n) is 11.1. The number of hydrogen-bond acceptors (Lipinski definition) is 5. The molecule has 1 aromatic carbocycles. The number of methoxy groups -OCH3 is 2. The summed E-state index contributed by atoms with van der Waals surface area (Å²) >= 11 is 3.40. The molecule has 106 valence electrons. The molecular formula is C13H12BrNO5. The molecule has 20 heavy (non-hydrogen) atoms. The molecule has 0 bridgehead atoms. The molecule has 0 radical (unpaired) electrons. The molecule has 0 saturated heterocycles. The van der Waals surface area contributed by atoms with Crippen LogP contribution in [0.2, 0.25) is 0 Å². The van der Waals surface area contributed by atoms with Gasteiger partial charge >= 0.3 is 5.97 Å². The third kappa shape index (κ3) is 2.36. The Morgan fingerprint density at radius 2 is 1.95 bits per heavy atom. The van der Waals surface area contributed by atoms with Crippen molar-refractivity contribution in [2.24, 2.45) is 0 Å². The highest BCUT2D eigenvalue weighted by atomic mass is 79.9. The average Bonchev–Trinajstić information content (AvgIpc) is 2.88. The molecule has 0 spiro atoms. The summed E-state index contributed by atoms with van der Waals surface area (Å²) in [4.78, 5) is 10.9. The molecule has 7 heteroatoms. The van der Waals surface area contributed by atoms with E-state index in [4.69, 9.17) is 19.1 Å². The van der Waals surface area contributed by atoms with Gasteiger partial charge in [0.25, 0.3) is 0 Å². The van der Waals surface area contributed by atoms with Crippen LogP contribution in [0.5, 0.6) is 11.5 Å². The maximum absolute atomic E-state index is 10.9. The predicted molar refractivity (Wildman–Crippen MR) is 74.4 cm³/mol. The lowest BCUT2D eigenvalue weighted by atomic mass is 10.1. The van der Waals surface area contributed by atoms with Gasteiger partial charge in [0.1, 0.15) is 11.5 Å². The summed E-state index contributed by atoms with van der Waals surface area (Å²) in [5.41, 5.74) is 1.21. The molecule has 0 saturated carbocycles. The molecule has 0 aliphatic carbocycles. The molecule has 0 aliphatic heterocycles. The van der Waals surface area contributed by atoms with Crippen molar-refractivity contribution >= 4 is 21.9 Å². The smallest absolute Gasteiger partial charge is 0.358 e. The average molecular weight is 342 g/mol. The van der Waals surface area contributed by atoms with Crippen LogP contribution >= 0.6 is 15.9 Å². The second kappa shape index (κ2) is 5.54. The highest BCUT2D eigenvalue weighted by Crippen LogP contribution is 2.42. The number of benzene rings is 1. The second-order valence-corrected chi connectivity index (χ2v) is 4.83. The number of rotatable bonds is 4. The van der Waals surface area contributed by atoms with Gasteiger partial charge in [-0.3, -0.25) is 0 Å². The normalized spacial score (nSPS) is 10.4. The maximum Gasteiger partial charge on any atom is 0.358 e. The molecule has 0 amide bonds. The zero-order valence-corrected chi connectivity index (χ0v) is 12.6. The van der Waals surface area contributed by atoms with Crippen molar-refractivity contribution in [3.8, 4) is 22.8 Å². The first-order valence-electron chi connectivity index (χ1n) is 5.61. The van der Waals surface area contributed by atoms with Gasteiger partial charge in [0.15, 0.2) is 11.5 Å². The summed E-state index contributed by atoms with van der Waals surface area (Å²) in [7, 11) is 3.08. The van der Waals surface area contributed by atoms with Crippen LogP contribution in [-0.2, 0) is 0 Å². The lowest BCUT2D eigenvalue weighted by molar-refractivity contribution is 0.0686. The molecule has 1 aromatic heterocycles. The number of nitrogens with zero attached hydrogens (tertiary/aromatic N) is 1. The number of halogens is 1. The van der Waals surface area contributed by atoms with Crippen molar-refractivity contribution in [1.82, 2.24) is 5.16 Å². The number of hydrogen-bond donors (Lipinski definition) is 1. The van der Waals surface area contributed by atoms with Crippen LogP contribution in [0.1, 0.15) is 16.1 Å². The van der Waals surface area contributed by atoms with Crippen LogP contribution in [0.4, 0.5) is 0 Å².